The molecule has 0 aliphatic rings. The van der Waals surface area contributed by atoms with Crippen LogP contribution in [0.1, 0.15) is 18.1 Å². The van der Waals surface area contributed by atoms with Crippen molar-refractivity contribution in [1.29, 1.82) is 0 Å². The molecule has 1 N–H and O–H groups in total. The Bertz CT molecular complexity index is 203. The molecule has 0 aromatic carbocycles. The summed E-state index contributed by atoms with van der Waals surface area (Å²) < 4.78 is 5.02. The maximum atomic E-state index is 10.1. The van der Waals surface area contributed by atoms with Gasteiger partial charge in [0.05, 0.1) is 12.9 Å². The highest BCUT2D eigenvalue weighted by Gasteiger charge is 2.11. The van der Waals surface area contributed by atoms with E-state index in [1.54, 1.807) is 12.1 Å². The van der Waals surface area contributed by atoms with Crippen molar-refractivity contribution in [1.82, 2.24) is 0 Å². The molecule has 60 valence electrons. The predicted molar refractivity (Wildman–Crippen MR) is 39.2 cm³/mol. The topological polar surface area (TPSA) is 50.4 Å². The fourth-order valence-corrected chi connectivity index (χ4v) is 0.920. The summed E-state index contributed by atoms with van der Waals surface area (Å²) in [5.74, 6) is 0.488. The molecule has 0 fully saturated rings. The number of furan rings is 1. The zero-order valence-electron chi connectivity index (χ0n) is 6.06. The molecule has 0 saturated heterocycles. The number of carbonyl (C=O) groups excluding carboxylic acids is 1. The maximum Gasteiger partial charge on any atom is 0.120 e. The Labute approximate surface area is 64.6 Å². The van der Waals surface area contributed by atoms with Crippen LogP contribution in [-0.4, -0.2) is 18.0 Å². The normalized spacial score (nSPS) is 12.8. The molecule has 1 atom stereocenters. The highest BCUT2D eigenvalue weighted by molar-refractivity contribution is 5.51. The van der Waals surface area contributed by atoms with Gasteiger partial charge in [-0.25, -0.2) is 0 Å². The lowest BCUT2D eigenvalue weighted by atomic mass is 10.1. The quantitative estimate of drug-likeness (QED) is 0.657. The molecular weight excluding hydrogens is 144 g/mol. The van der Waals surface area contributed by atoms with Crippen molar-refractivity contribution in [3.63, 3.8) is 0 Å². The van der Waals surface area contributed by atoms with E-state index in [0.717, 1.165) is 6.29 Å². The summed E-state index contributed by atoms with van der Waals surface area (Å²) in [5.41, 5.74) is 0. The zero-order chi connectivity index (χ0) is 8.10. The Balaban J connectivity index is 2.62. The van der Waals surface area contributed by atoms with E-state index >= 15 is 0 Å². The lowest BCUT2D eigenvalue weighted by Crippen LogP contribution is -2.03. The zero-order valence-corrected chi connectivity index (χ0v) is 6.06. The number of rotatable bonds is 4. The van der Waals surface area contributed by atoms with Gasteiger partial charge in [-0.1, -0.05) is 0 Å². The Morgan fingerprint density at radius 2 is 2.55 bits per heavy atom. The van der Waals surface area contributed by atoms with Crippen LogP contribution in [0.4, 0.5) is 0 Å². The third kappa shape index (κ3) is 1.91. The number of aliphatic hydroxyl groups is 1. The summed E-state index contributed by atoms with van der Waals surface area (Å²) in [5, 5.41) is 8.81. The summed E-state index contributed by atoms with van der Waals surface area (Å²) in [7, 11) is 0. The van der Waals surface area contributed by atoms with Gasteiger partial charge in [0.25, 0.3) is 0 Å². The van der Waals surface area contributed by atoms with Crippen molar-refractivity contribution in [2.75, 3.05) is 6.61 Å². The lowest BCUT2D eigenvalue weighted by molar-refractivity contribution is -0.108. The van der Waals surface area contributed by atoms with Crippen LogP contribution in [-0.2, 0) is 4.79 Å². The largest absolute Gasteiger partial charge is 0.469 e. The molecule has 1 heterocycles. The van der Waals surface area contributed by atoms with Crippen LogP contribution in [0.3, 0.4) is 0 Å². The second-order valence-electron chi connectivity index (χ2n) is 2.30. The van der Waals surface area contributed by atoms with Gasteiger partial charge in [-0.15, -0.1) is 0 Å². The van der Waals surface area contributed by atoms with Crippen LogP contribution in [0.15, 0.2) is 22.8 Å². The first-order valence-corrected chi connectivity index (χ1v) is 3.46. The predicted octanol–water partition coefficient (Wildman–Crippen LogP) is 0.944. The average molecular weight is 154 g/mol. The maximum absolute atomic E-state index is 10.1. The molecular formula is C8H10O3. The van der Waals surface area contributed by atoms with E-state index in [1.165, 1.54) is 6.26 Å². The van der Waals surface area contributed by atoms with Gasteiger partial charge in [-0.05, 0) is 12.1 Å². The minimum atomic E-state index is -0.178. The van der Waals surface area contributed by atoms with Crippen molar-refractivity contribution in [3.05, 3.63) is 24.2 Å². The number of hydrogen-bond acceptors (Lipinski definition) is 3. The third-order valence-corrected chi connectivity index (χ3v) is 1.55. The van der Waals surface area contributed by atoms with Gasteiger partial charge < -0.3 is 14.3 Å². The van der Waals surface area contributed by atoms with Crippen molar-refractivity contribution in [2.45, 2.75) is 12.3 Å². The molecule has 0 spiro atoms. The molecule has 1 unspecified atom stereocenters. The number of hydrogen-bond donors (Lipinski definition) is 1. The Morgan fingerprint density at radius 1 is 1.73 bits per heavy atom. The standard InChI is InChI=1S/C8H10O3/c9-4-3-7(6-10)8-2-1-5-11-8/h1-2,4-5,7,10H,3,6H2. The summed E-state index contributed by atoms with van der Waals surface area (Å²) in [6.07, 6.45) is 2.62. The van der Waals surface area contributed by atoms with Crippen molar-refractivity contribution < 1.29 is 14.3 Å². The van der Waals surface area contributed by atoms with Crippen molar-refractivity contribution in [3.8, 4) is 0 Å². The van der Waals surface area contributed by atoms with E-state index in [9.17, 15) is 4.79 Å². The number of aldehydes is 1. The first-order chi connectivity index (χ1) is 5.38. The third-order valence-electron chi connectivity index (χ3n) is 1.55. The molecule has 1 aromatic heterocycles. The first kappa shape index (κ1) is 8.01. The lowest BCUT2D eigenvalue weighted by Gasteiger charge is -2.05. The van der Waals surface area contributed by atoms with E-state index in [-0.39, 0.29) is 12.5 Å². The molecule has 11 heavy (non-hydrogen) atoms. The van der Waals surface area contributed by atoms with E-state index in [2.05, 4.69) is 0 Å². The average Bonchev–Trinajstić information content (AvgIpc) is 2.52. The molecule has 3 nitrogen and oxygen atoms in total. The smallest absolute Gasteiger partial charge is 0.120 e. The van der Waals surface area contributed by atoms with Crippen LogP contribution in [0.5, 0.6) is 0 Å². The van der Waals surface area contributed by atoms with Gasteiger partial charge in [0.2, 0.25) is 0 Å². The molecule has 1 aromatic rings. The van der Waals surface area contributed by atoms with Crippen LogP contribution in [0.25, 0.3) is 0 Å². The minimum Gasteiger partial charge on any atom is -0.469 e. The van der Waals surface area contributed by atoms with E-state index in [4.69, 9.17) is 9.52 Å². The second kappa shape index (κ2) is 3.93. The highest BCUT2D eigenvalue weighted by Crippen LogP contribution is 2.17. The van der Waals surface area contributed by atoms with Crippen LogP contribution >= 0.6 is 0 Å². The van der Waals surface area contributed by atoms with Crippen LogP contribution in [0, 0.1) is 0 Å². The highest BCUT2D eigenvalue weighted by atomic mass is 16.3. The molecule has 0 saturated carbocycles. The van der Waals surface area contributed by atoms with Gasteiger partial charge in [0.1, 0.15) is 12.0 Å². The van der Waals surface area contributed by atoms with Gasteiger partial charge in [0.15, 0.2) is 0 Å². The second-order valence-corrected chi connectivity index (χ2v) is 2.30. The van der Waals surface area contributed by atoms with Crippen LogP contribution in [0.2, 0.25) is 0 Å². The van der Waals surface area contributed by atoms with E-state index < -0.39 is 0 Å². The molecule has 0 amide bonds. The van der Waals surface area contributed by atoms with Gasteiger partial charge in [-0.3, -0.25) is 0 Å². The molecule has 0 aliphatic heterocycles. The Hall–Kier alpha value is -1.09. The number of aliphatic hydroxyl groups excluding tert-OH is 1. The van der Waals surface area contributed by atoms with E-state index in [0.29, 0.717) is 12.2 Å². The van der Waals surface area contributed by atoms with Crippen LogP contribution < -0.4 is 0 Å². The first-order valence-electron chi connectivity index (χ1n) is 3.46. The Morgan fingerprint density at radius 3 is 3.00 bits per heavy atom. The van der Waals surface area contributed by atoms with Crippen molar-refractivity contribution >= 4 is 6.29 Å². The summed E-state index contributed by atoms with van der Waals surface area (Å²) in [6, 6.07) is 3.49. The van der Waals surface area contributed by atoms with Gasteiger partial charge in [-0.2, -0.15) is 0 Å². The fraction of sp³-hybridized carbons (Fsp3) is 0.375. The molecule has 0 radical (unpaired) electrons. The minimum absolute atomic E-state index is 0.0494. The van der Waals surface area contributed by atoms with Gasteiger partial charge >= 0.3 is 0 Å². The summed E-state index contributed by atoms with van der Waals surface area (Å²) >= 11 is 0. The van der Waals surface area contributed by atoms with Crippen molar-refractivity contribution in [2.24, 2.45) is 0 Å². The summed E-state index contributed by atoms with van der Waals surface area (Å²) in [6.45, 7) is -0.0494. The summed E-state index contributed by atoms with van der Waals surface area (Å²) in [4.78, 5) is 10.1. The van der Waals surface area contributed by atoms with Gasteiger partial charge in [0, 0.05) is 12.3 Å². The number of carbonyl (C=O) groups is 1. The Kier molecular flexibility index (Phi) is 2.86. The molecule has 0 aliphatic carbocycles. The fourth-order valence-electron chi connectivity index (χ4n) is 0.920. The molecule has 0 bridgehead atoms. The monoisotopic (exact) mass is 154 g/mol. The molecule has 3 heteroatoms. The van der Waals surface area contributed by atoms with E-state index in [1.807, 2.05) is 0 Å². The SMILES string of the molecule is O=CCC(CO)c1ccco1. The molecule has 1 rings (SSSR count).